The first kappa shape index (κ1) is 20.3. The van der Waals surface area contributed by atoms with Gasteiger partial charge in [0, 0.05) is 9.77 Å². The van der Waals surface area contributed by atoms with Gasteiger partial charge in [-0.1, -0.05) is 0 Å². The molecule has 0 aromatic carbocycles. The van der Waals surface area contributed by atoms with Gasteiger partial charge in [0.25, 0.3) is 0 Å². The highest BCUT2D eigenvalue weighted by Gasteiger charge is 2.25. The number of ether oxygens (including phenoxy) is 2. The SMILES string of the molecule is COc1ncc(CN(C(=O)OC(C)(C)C)c2ccc(I)c(C)n2)cc1F. The van der Waals surface area contributed by atoms with Crippen molar-refractivity contribution in [2.75, 3.05) is 12.0 Å². The molecule has 2 heterocycles. The minimum atomic E-state index is -0.670. The second-order valence-electron chi connectivity index (χ2n) is 6.64. The number of nitrogens with zero attached hydrogens (tertiary/aromatic N) is 3. The minimum absolute atomic E-state index is 0.0653. The predicted molar refractivity (Wildman–Crippen MR) is 105 cm³/mol. The molecule has 6 nitrogen and oxygen atoms in total. The van der Waals surface area contributed by atoms with Gasteiger partial charge in [0.15, 0.2) is 5.82 Å². The van der Waals surface area contributed by atoms with Crippen LogP contribution >= 0.6 is 22.6 Å². The summed E-state index contributed by atoms with van der Waals surface area (Å²) in [5, 5.41) is 0. The molecule has 1 amide bonds. The quantitative estimate of drug-likeness (QED) is 0.613. The summed E-state index contributed by atoms with van der Waals surface area (Å²) in [6.45, 7) is 7.27. The third kappa shape index (κ3) is 5.26. The molecular formula is C18H21FIN3O3. The van der Waals surface area contributed by atoms with Crippen molar-refractivity contribution in [1.82, 2.24) is 9.97 Å². The molecule has 0 spiro atoms. The monoisotopic (exact) mass is 473 g/mol. The van der Waals surface area contributed by atoms with E-state index in [1.807, 2.05) is 13.0 Å². The van der Waals surface area contributed by atoms with Crippen molar-refractivity contribution in [1.29, 1.82) is 0 Å². The molecule has 2 aromatic heterocycles. The summed E-state index contributed by atoms with van der Waals surface area (Å²) in [6.07, 6.45) is 0.889. The molecule has 2 aromatic rings. The van der Waals surface area contributed by atoms with Gasteiger partial charge >= 0.3 is 6.09 Å². The number of aromatic nitrogens is 2. The Morgan fingerprint density at radius 2 is 2.04 bits per heavy atom. The summed E-state index contributed by atoms with van der Waals surface area (Å²) in [5.74, 6) is -0.268. The van der Waals surface area contributed by atoms with Crippen LogP contribution in [0.3, 0.4) is 0 Å². The summed E-state index contributed by atoms with van der Waals surface area (Å²) in [6, 6.07) is 4.87. The van der Waals surface area contributed by atoms with E-state index in [4.69, 9.17) is 9.47 Å². The van der Waals surface area contributed by atoms with Gasteiger partial charge in [-0.05, 0) is 74.0 Å². The number of anilines is 1. The van der Waals surface area contributed by atoms with Gasteiger partial charge in [-0.25, -0.2) is 19.2 Å². The van der Waals surface area contributed by atoms with Crippen molar-refractivity contribution >= 4 is 34.5 Å². The number of hydrogen-bond acceptors (Lipinski definition) is 5. The Labute approximate surface area is 165 Å². The summed E-state index contributed by atoms with van der Waals surface area (Å²) in [7, 11) is 1.34. The fourth-order valence-electron chi connectivity index (χ4n) is 2.12. The lowest BCUT2D eigenvalue weighted by Crippen LogP contribution is -2.37. The maximum absolute atomic E-state index is 14.0. The van der Waals surface area contributed by atoms with E-state index in [1.54, 1.807) is 26.8 Å². The van der Waals surface area contributed by atoms with E-state index in [9.17, 15) is 9.18 Å². The minimum Gasteiger partial charge on any atom is -0.479 e. The Hall–Kier alpha value is -1.97. The zero-order chi connectivity index (χ0) is 19.5. The highest BCUT2D eigenvalue weighted by Crippen LogP contribution is 2.23. The first-order valence-corrected chi connectivity index (χ1v) is 9.00. The van der Waals surface area contributed by atoms with Crippen LogP contribution in [0, 0.1) is 16.3 Å². The zero-order valence-electron chi connectivity index (χ0n) is 15.3. The number of carbonyl (C=O) groups is 1. The van der Waals surface area contributed by atoms with Gasteiger partial charge in [-0.15, -0.1) is 0 Å². The molecule has 0 bridgehead atoms. The zero-order valence-corrected chi connectivity index (χ0v) is 17.5. The van der Waals surface area contributed by atoms with E-state index >= 15 is 0 Å². The van der Waals surface area contributed by atoms with Crippen LogP contribution < -0.4 is 9.64 Å². The molecule has 0 atom stereocenters. The third-order valence-corrected chi connectivity index (χ3v) is 4.44. The predicted octanol–water partition coefficient (Wildman–Crippen LogP) is 4.48. The summed E-state index contributed by atoms with van der Waals surface area (Å²) in [4.78, 5) is 22.4. The second-order valence-corrected chi connectivity index (χ2v) is 7.80. The van der Waals surface area contributed by atoms with Crippen LogP contribution in [0.1, 0.15) is 32.0 Å². The van der Waals surface area contributed by atoms with Crippen LogP contribution in [0.5, 0.6) is 5.88 Å². The van der Waals surface area contributed by atoms with E-state index in [1.165, 1.54) is 24.3 Å². The fraction of sp³-hybridized carbons (Fsp3) is 0.389. The normalized spacial score (nSPS) is 11.2. The molecule has 0 unspecified atom stereocenters. The van der Waals surface area contributed by atoms with Crippen LogP contribution in [0.25, 0.3) is 0 Å². The number of carbonyl (C=O) groups excluding carboxylic acids is 1. The van der Waals surface area contributed by atoms with Crippen molar-refractivity contribution < 1.29 is 18.7 Å². The van der Waals surface area contributed by atoms with Gasteiger partial charge in [0.2, 0.25) is 5.88 Å². The molecule has 0 fully saturated rings. The van der Waals surface area contributed by atoms with Crippen LogP contribution in [0.15, 0.2) is 24.4 Å². The number of amides is 1. The highest BCUT2D eigenvalue weighted by molar-refractivity contribution is 14.1. The van der Waals surface area contributed by atoms with Crippen molar-refractivity contribution in [3.63, 3.8) is 0 Å². The topological polar surface area (TPSA) is 64.5 Å². The third-order valence-electron chi connectivity index (χ3n) is 3.30. The summed E-state index contributed by atoms with van der Waals surface area (Å²) < 4.78 is 25.2. The Kier molecular flexibility index (Phi) is 6.38. The lowest BCUT2D eigenvalue weighted by Gasteiger charge is -2.27. The Bertz CT molecular complexity index is 809. The molecule has 0 N–H and O–H groups in total. The molecule has 0 saturated heterocycles. The summed E-state index contributed by atoms with van der Waals surface area (Å²) in [5.41, 5.74) is 0.611. The van der Waals surface area contributed by atoms with Crippen LogP contribution in [-0.2, 0) is 11.3 Å². The Balaban J connectivity index is 2.38. The summed E-state index contributed by atoms with van der Waals surface area (Å²) >= 11 is 2.17. The molecule has 0 aliphatic heterocycles. The van der Waals surface area contributed by atoms with E-state index in [0.717, 1.165) is 9.26 Å². The maximum atomic E-state index is 14.0. The average Bonchev–Trinajstić information content (AvgIpc) is 2.54. The lowest BCUT2D eigenvalue weighted by molar-refractivity contribution is 0.0576. The van der Waals surface area contributed by atoms with Gasteiger partial charge in [-0.3, -0.25) is 4.90 Å². The van der Waals surface area contributed by atoms with Gasteiger partial charge < -0.3 is 9.47 Å². The second kappa shape index (κ2) is 8.15. The fourth-order valence-corrected chi connectivity index (χ4v) is 2.42. The molecule has 0 aliphatic carbocycles. The molecule has 8 heteroatoms. The standard InChI is InChI=1S/C18H21FIN3O3/c1-11-14(20)6-7-15(22-11)23(17(24)26-18(2,3)4)10-12-8-13(19)16(25-5)21-9-12/h6-9H,10H2,1-5H3. The molecule has 0 aliphatic rings. The smallest absolute Gasteiger partial charge is 0.416 e. The number of aryl methyl sites for hydroxylation is 1. The van der Waals surface area contributed by atoms with Gasteiger partial charge in [-0.2, -0.15) is 0 Å². The molecule has 2 rings (SSSR count). The number of pyridine rings is 2. The van der Waals surface area contributed by atoms with E-state index < -0.39 is 17.5 Å². The van der Waals surface area contributed by atoms with E-state index in [2.05, 4.69) is 32.6 Å². The van der Waals surface area contributed by atoms with Crippen LogP contribution in [0.4, 0.5) is 15.0 Å². The molecule has 26 heavy (non-hydrogen) atoms. The Morgan fingerprint density at radius 1 is 1.35 bits per heavy atom. The molecule has 0 radical (unpaired) electrons. The first-order chi connectivity index (χ1) is 12.1. The van der Waals surface area contributed by atoms with E-state index in [-0.39, 0.29) is 12.4 Å². The number of hydrogen-bond donors (Lipinski definition) is 0. The maximum Gasteiger partial charge on any atom is 0.416 e. The number of rotatable bonds is 4. The van der Waals surface area contributed by atoms with E-state index in [0.29, 0.717) is 11.4 Å². The van der Waals surface area contributed by atoms with Gasteiger partial charge in [0.05, 0.1) is 19.3 Å². The van der Waals surface area contributed by atoms with Crippen molar-refractivity contribution in [3.05, 3.63) is 45.0 Å². The average molecular weight is 473 g/mol. The Morgan fingerprint density at radius 3 is 2.58 bits per heavy atom. The van der Waals surface area contributed by atoms with Crippen LogP contribution in [0.2, 0.25) is 0 Å². The van der Waals surface area contributed by atoms with Crippen molar-refractivity contribution in [3.8, 4) is 5.88 Å². The number of methoxy groups -OCH3 is 1. The van der Waals surface area contributed by atoms with Crippen molar-refractivity contribution in [2.24, 2.45) is 0 Å². The molecule has 0 saturated carbocycles. The first-order valence-electron chi connectivity index (χ1n) is 7.93. The highest BCUT2D eigenvalue weighted by atomic mass is 127. The molecule has 140 valence electrons. The van der Waals surface area contributed by atoms with Crippen molar-refractivity contribution in [2.45, 2.75) is 39.8 Å². The molecular weight excluding hydrogens is 452 g/mol. The number of halogens is 2. The van der Waals surface area contributed by atoms with Crippen LogP contribution in [-0.4, -0.2) is 28.8 Å². The van der Waals surface area contributed by atoms with Gasteiger partial charge in [0.1, 0.15) is 11.4 Å². The lowest BCUT2D eigenvalue weighted by atomic mass is 10.2. The largest absolute Gasteiger partial charge is 0.479 e.